The summed E-state index contributed by atoms with van der Waals surface area (Å²) in [5.41, 5.74) is 8.87. The van der Waals surface area contributed by atoms with Crippen molar-refractivity contribution >= 4 is 5.91 Å². The van der Waals surface area contributed by atoms with Crippen molar-refractivity contribution in [2.45, 2.75) is 26.2 Å². The van der Waals surface area contributed by atoms with Crippen molar-refractivity contribution < 1.29 is 14.1 Å². The van der Waals surface area contributed by atoms with Gasteiger partial charge in [0.1, 0.15) is 17.2 Å². The zero-order chi connectivity index (χ0) is 19.0. The first kappa shape index (κ1) is 16.9. The molecule has 1 aliphatic rings. The van der Waals surface area contributed by atoms with Crippen LogP contribution in [0.25, 0.3) is 5.69 Å². The van der Waals surface area contributed by atoms with E-state index in [0.29, 0.717) is 18.8 Å². The van der Waals surface area contributed by atoms with Gasteiger partial charge in [-0.15, -0.1) is 0 Å². The fourth-order valence-corrected chi connectivity index (χ4v) is 2.98. The highest BCUT2D eigenvalue weighted by molar-refractivity contribution is 5.91. The number of carbonyl (C=O) groups excluding carboxylic acids is 1. The highest BCUT2D eigenvalue weighted by Crippen LogP contribution is 2.32. The lowest BCUT2D eigenvalue weighted by atomic mass is 10.1. The number of benzene rings is 1. The molecular formula is C20H18N4O3. The number of amides is 1. The number of carbonyl (C=O) groups is 1. The lowest BCUT2D eigenvalue weighted by Crippen LogP contribution is -2.12. The minimum Gasteiger partial charge on any atom is -0.491 e. The van der Waals surface area contributed by atoms with E-state index in [2.05, 4.69) is 22.1 Å². The summed E-state index contributed by atoms with van der Waals surface area (Å²) < 4.78 is 12.6. The third-order valence-corrected chi connectivity index (χ3v) is 4.35. The van der Waals surface area contributed by atoms with Crippen LogP contribution in [0.3, 0.4) is 0 Å². The number of fused-ring (bicyclic) bond motifs is 3. The smallest absolute Gasteiger partial charge is 0.269 e. The van der Waals surface area contributed by atoms with E-state index < -0.39 is 5.91 Å². The van der Waals surface area contributed by atoms with E-state index in [0.717, 1.165) is 28.4 Å². The molecule has 0 saturated heterocycles. The number of primary amides is 1. The number of hydrogen-bond donors (Lipinski definition) is 1. The second-order valence-corrected chi connectivity index (χ2v) is 6.53. The Balaban J connectivity index is 1.70. The minimum absolute atomic E-state index is 0.0722. The summed E-state index contributed by atoms with van der Waals surface area (Å²) in [5.74, 6) is 7.19. The molecule has 0 radical (unpaired) electrons. The van der Waals surface area contributed by atoms with Gasteiger partial charge < -0.3 is 15.0 Å². The average molecular weight is 362 g/mol. The van der Waals surface area contributed by atoms with Crippen molar-refractivity contribution in [3.63, 3.8) is 0 Å². The van der Waals surface area contributed by atoms with E-state index in [1.165, 1.54) is 0 Å². The molecule has 7 heteroatoms. The van der Waals surface area contributed by atoms with Crippen LogP contribution >= 0.6 is 0 Å². The van der Waals surface area contributed by atoms with Gasteiger partial charge in [-0.25, -0.2) is 4.68 Å². The Morgan fingerprint density at radius 1 is 1.37 bits per heavy atom. The molecule has 2 aromatic heterocycles. The molecule has 1 atom stereocenters. The van der Waals surface area contributed by atoms with Crippen LogP contribution in [0.4, 0.5) is 0 Å². The summed E-state index contributed by atoms with van der Waals surface area (Å²) in [7, 11) is 0. The summed E-state index contributed by atoms with van der Waals surface area (Å²) in [6.07, 6.45) is 0.501. The predicted molar refractivity (Wildman–Crippen MR) is 97.8 cm³/mol. The molecule has 7 nitrogen and oxygen atoms in total. The van der Waals surface area contributed by atoms with Crippen molar-refractivity contribution in [3.05, 3.63) is 58.7 Å². The van der Waals surface area contributed by atoms with Crippen LogP contribution < -0.4 is 10.5 Å². The van der Waals surface area contributed by atoms with E-state index in [9.17, 15) is 4.79 Å². The van der Waals surface area contributed by atoms with Crippen molar-refractivity contribution in [2.75, 3.05) is 6.61 Å². The molecule has 0 spiro atoms. The largest absolute Gasteiger partial charge is 0.491 e. The standard InChI is InChI=1S/C20H18N4O3/c1-12-11-26-19-7-6-14(4-3-5-15-8-13(2)27-23-15)9-18(19)24-17(12)10-16(22-24)20(21)25/h6-10,12H,5,11H2,1-2H3,(H2,21,25)/t12-/m1/s1. The molecule has 4 rings (SSSR count). The molecule has 3 aromatic rings. The molecule has 2 N–H and O–H groups in total. The van der Waals surface area contributed by atoms with Gasteiger partial charge in [0.05, 0.1) is 24.4 Å². The molecule has 136 valence electrons. The molecule has 1 aromatic carbocycles. The monoisotopic (exact) mass is 362 g/mol. The summed E-state index contributed by atoms with van der Waals surface area (Å²) in [5, 5.41) is 8.30. The molecule has 1 aliphatic heterocycles. The Hall–Kier alpha value is -3.53. The SMILES string of the molecule is Cc1cc(CC#Cc2ccc3c(c2)-n2nc(C(N)=O)cc2[C@H](C)CO3)no1. The van der Waals surface area contributed by atoms with E-state index in [1.807, 2.05) is 38.1 Å². The number of nitrogens with zero attached hydrogens (tertiary/aromatic N) is 3. The Morgan fingerprint density at radius 3 is 2.96 bits per heavy atom. The Morgan fingerprint density at radius 2 is 2.22 bits per heavy atom. The summed E-state index contributed by atoms with van der Waals surface area (Å²) >= 11 is 0. The van der Waals surface area contributed by atoms with E-state index in [1.54, 1.807) is 10.7 Å². The predicted octanol–water partition coefficient (Wildman–Crippen LogP) is 2.36. The van der Waals surface area contributed by atoms with E-state index >= 15 is 0 Å². The van der Waals surface area contributed by atoms with Crippen LogP contribution in [0, 0.1) is 18.8 Å². The molecule has 0 fully saturated rings. The second kappa shape index (κ2) is 6.65. The van der Waals surface area contributed by atoms with E-state index in [4.69, 9.17) is 15.0 Å². The Labute approximate surface area is 156 Å². The molecular weight excluding hydrogens is 344 g/mol. The Bertz CT molecular complexity index is 1080. The highest BCUT2D eigenvalue weighted by atomic mass is 16.5. The molecule has 27 heavy (non-hydrogen) atoms. The van der Waals surface area contributed by atoms with Crippen LogP contribution in [0.1, 0.15) is 46.0 Å². The van der Waals surface area contributed by atoms with Crippen LogP contribution in [-0.2, 0) is 6.42 Å². The average Bonchev–Trinajstić information content (AvgIpc) is 3.24. The van der Waals surface area contributed by atoms with Gasteiger partial charge in [-0.1, -0.05) is 23.9 Å². The highest BCUT2D eigenvalue weighted by Gasteiger charge is 2.24. The molecule has 0 bridgehead atoms. The summed E-state index contributed by atoms with van der Waals surface area (Å²) in [6.45, 7) is 4.36. The molecule has 3 heterocycles. The topological polar surface area (TPSA) is 96.2 Å². The first-order valence-electron chi connectivity index (χ1n) is 8.59. The third-order valence-electron chi connectivity index (χ3n) is 4.35. The molecule has 0 aliphatic carbocycles. The number of aryl methyl sites for hydroxylation is 1. The molecule has 0 saturated carbocycles. The second-order valence-electron chi connectivity index (χ2n) is 6.53. The normalized spacial score (nSPS) is 15.0. The van der Waals surface area contributed by atoms with Crippen LogP contribution in [0.5, 0.6) is 5.75 Å². The number of nitrogens with two attached hydrogens (primary N) is 1. The molecule has 1 amide bonds. The zero-order valence-electron chi connectivity index (χ0n) is 15.0. The quantitative estimate of drug-likeness (QED) is 0.706. The number of rotatable bonds is 2. The van der Waals surface area contributed by atoms with Crippen molar-refractivity contribution in [1.82, 2.24) is 14.9 Å². The third kappa shape index (κ3) is 3.29. The van der Waals surface area contributed by atoms with Gasteiger partial charge in [0, 0.05) is 17.5 Å². The van der Waals surface area contributed by atoms with E-state index in [-0.39, 0.29) is 11.6 Å². The number of aromatic nitrogens is 3. The van der Waals surface area contributed by atoms with Crippen molar-refractivity contribution in [3.8, 4) is 23.3 Å². The fraction of sp³-hybridized carbons (Fsp3) is 0.250. The van der Waals surface area contributed by atoms with Gasteiger partial charge in [0.25, 0.3) is 5.91 Å². The number of ether oxygens (including phenoxy) is 1. The maximum atomic E-state index is 11.5. The van der Waals surface area contributed by atoms with Gasteiger partial charge in [0.15, 0.2) is 5.69 Å². The van der Waals surface area contributed by atoms with Crippen LogP contribution in [0.2, 0.25) is 0 Å². The van der Waals surface area contributed by atoms with Crippen LogP contribution in [-0.4, -0.2) is 27.5 Å². The van der Waals surface area contributed by atoms with Crippen LogP contribution in [0.15, 0.2) is 34.9 Å². The lowest BCUT2D eigenvalue weighted by Gasteiger charge is -2.08. The maximum absolute atomic E-state index is 11.5. The number of hydrogen-bond acceptors (Lipinski definition) is 5. The summed E-state index contributed by atoms with van der Waals surface area (Å²) in [6, 6.07) is 9.25. The van der Waals surface area contributed by atoms with Crippen molar-refractivity contribution in [2.24, 2.45) is 5.73 Å². The molecule has 0 unspecified atom stereocenters. The first-order valence-corrected chi connectivity index (χ1v) is 8.59. The van der Waals surface area contributed by atoms with Gasteiger partial charge >= 0.3 is 0 Å². The zero-order valence-corrected chi connectivity index (χ0v) is 15.0. The van der Waals surface area contributed by atoms with Gasteiger partial charge in [-0.05, 0) is 31.2 Å². The van der Waals surface area contributed by atoms with Gasteiger partial charge in [-0.2, -0.15) is 5.10 Å². The van der Waals surface area contributed by atoms with Crippen molar-refractivity contribution in [1.29, 1.82) is 0 Å². The lowest BCUT2D eigenvalue weighted by molar-refractivity contribution is 0.0995. The maximum Gasteiger partial charge on any atom is 0.269 e. The summed E-state index contributed by atoms with van der Waals surface area (Å²) in [4.78, 5) is 11.5. The van der Waals surface area contributed by atoms with Gasteiger partial charge in [0.2, 0.25) is 0 Å². The first-order chi connectivity index (χ1) is 13.0. The fourth-order valence-electron chi connectivity index (χ4n) is 2.98. The van der Waals surface area contributed by atoms with Gasteiger partial charge in [-0.3, -0.25) is 4.79 Å². The Kier molecular flexibility index (Phi) is 4.16. The minimum atomic E-state index is -0.552.